The lowest BCUT2D eigenvalue weighted by atomic mass is 9.81. The second kappa shape index (κ2) is 6.15. The summed E-state index contributed by atoms with van der Waals surface area (Å²) in [4.78, 5) is 2.73. The van der Waals surface area contributed by atoms with Crippen LogP contribution < -0.4 is 10.1 Å². The first-order valence-electron chi connectivity index (χ1n) is 7.86. The van der Waals surface area contributed by atoms with Crippen LogP contribution in [0.2, 0.25) is 0 Å². The summed E-state index contributed by atoms with van der Waals surface area (Å²) < 4.78 is 5.51. The smallest absolute Gasteiger partial charge is 0.123 e. The molecule has 2 atom stereocenters. The Hall–Kier alpha value is -1.06. The Morgan fingerprint density at radius 1 is 1.20 bits per heavy atom. The Labute approximate surface area is 122 Å². The molecule has 3 nitrogen and oxygen atoms in total. The van der Waals surface area contributed by atoms with Crippen LogP contribution >= 0.6 is 0 Å². The fourth-order valence-corrected chi connectivity index (χ4v) is 4.00. The summed E-state index contributed by atoms with van der Waals surface area (Å²) in [5, 5.41) is 3.49. The predicted molar refractivity (Wildman–Crippen MR) is 82.0 cm³/mol. The van der Waals surface area contributed by atoms with Crippen LogP contribution in [0.5, 0.6) is 5.75 Å². The first-order chi connectivity index (χ1) is 9.81. The van der Waals surface area contributed by atoms with Gasteiger partial charge in [0.15, 0.2) is 0 Å². The normalized spacial score (nSPS) is 30.2. The van der Waals surface area contributed by atoms with E-state index in [1.165, 1.54) is 37.7 Å². The summed E-state index contributed by atoms with van der Waals surface area (Å²) in [6.07, 6.45) is 6.69. The molecule has 2 aliphatic rings. The number of para-hydroxylation sites is 1. The maximum absolute atomic E-state index is 5.51. The third-order valence-corrected chi connectivity index (χ3v) is 5.08. The Kier molecular flexibility index (Phi) is 4.27. The van der Waals surface area contributed by atoms with Crippen LogP contribution in [-0.2, 0) is 6.54 Å². The van der Waals surface area contributed by atoms with Crippen molar-refractivity contribution in [2.75, 3.05) is 14.2 Å². The Bertz CT molecular complexity index is 434. The molecule has 3 heteroatoms. The van der Waals surface area contributed by atoms with Crippen LogP contribution in [0.1, 0.15) is 37.7 Å². The van der Waals surface area contributed by atoms with E-state index in [-0.39, 0.29) is 0 Å². The molecule has 2 heterocycles. The van der Waals surface area contributed by atoms with Crippen LogP contribution in [-0.4, -0.2) is 37.2 Å². The first-order valence-corrected chi connectivity index (χ1v) is 7.86. The molecule has 2 bridgehead atoms. The van der Waals surface area contributed by atoms with E-state index in [9.17, 15) is 0 Å². The molecule has 0 aromatic heterocycles. The lowest BCUT2D eigenvalue weighted by Crippen LogP contribution is -2.55. The number of hydrogen-bond acceptors (Lipinski definition) is 3. The number of rotatable bonds is 4. The minimum absolute atomic E-state index is 0.708. The quantitative estimate of drug-likeness (QED) is 0.913. The maximum Gasteiger partial charge on any atom is 0.123 e. The highest BCUT2D eigenvalue weighted by Crippen LogP contribution is 2.36. The molecule has 3 rings (SSSR count). The molecule has 110 valence electrons. The lowest BCUT2D eigenvalue weighted by molar-refractivity contribution is 0.0185. The van der Waals surface area contributed by atoms with E-state index in [2.05, 4.69) is 41.5 Å². The molecule has 0 radical (unpaired) electrons. The second-order valence-electron chi connectivity index (χ2n) is 6.18. The minimum Gasteiger partial charge on any atom is -0.496 e. The number of benzene rings is 1. The van der Waals surface area contributed by atoms with Crippen molar-refractivity contribution in [2.45, 2.75) is 56.8 Å². The molecule has 0 amide bonds. The number of piperidine rings is 2. The third kappa shape index (κ3) is 2.70. The van der Waals surface area contributed by atoms with Gasteiger partial charge in [0, 0.05) is 30.2 Å². The number of hydrogen-bond donors (Lipinski definition) is 1. The molecule has 0 spiro atoms. The SMILES string of the molecule is CNC1CC2CCCC(C1)N2Cc1ccccc1OC. The molecule has 2 unspecified atom stereocenters. The van der Waals surface area contributed by atoms with Crippen molar-refractivity contribution >= 4 is 0 Å². The number of fused-ring (bicyclic) bond motifs is 2. The highest BCUT2D eigenvalue weighted by Gasteiger charge is 2.37. The maximum atomic E-state index is 5.51. The molecular weight excluding hydrogens is 248 g/mol. The van der Waals surface area contributed by atoms with Crippen molar-refractivity contribution < 1.29 is 4.74 Å². The van der Waals surface area contributed by atoms with Gasteiger partial charge in [-0.15, -0.1) is 0 Å². The molecule has 2 fully saturated rings. The number of methoxy groups -OCH3 is 1. The molecule has 1 N–H and O–H groups in total. The molecule has 0 aliphatic carbocycles. The van der Waals surface area contributed by atoms with Gasteiger partial charge in [-0.3, -0.25) is 4.90 Å². The topological polar surface area (TPSA) is 24.5 Å². The number of nitrogens with one attached hydrogen (secondary N) is 1. The van der Waals surface area contributed by atoms with E-state index in [1.54, 1.807) is 7.11 Å². The van der Waals surface area contributed by atoms with Gasteiger partial charge in [-0.1, -0.05) is 24.6 Å². The Balaban J connectivity index is 1.76. The number of nitrogens with zero attached hydrogens (tertiary/aromatic N) is 1. The lowest BCUT2D eigenvalue weighted by Gasteiger charge is -2.49. The second-order valence-corrected chi connectivity index (χ2v) is 6.18. The molecule has 0 saturated carbocycles. The van der Waals surface area contributed by atoms with Crippen molar-refractivity contribution in [2.24, 2.45) is 0 Å². The van der Waals surface area contributed by atoms with Crippen LogP contribution in [0.3, 0.4) is 0 Å². The Morgan fingerprint density at radius 2 is 1.90 bits per heavy atom. The average Bonchev–Trinajstić information content (AvgIpc) is 2.47. The highest BCUT2D eigenvalue weighted by atomic mass is 16.5. The molecule has 1 aromatic rings. The van der Waals surface area contributed by atoms with Crippen LogP contribution in [0, 0.1) is 0 Å². The fourth-order valence-electron chi connectivity index (χ4n) is 4.00. The van der Waals surface area contributed by atoms with E-state index in [0.29, 0.717) is 6.04 Å². The van der Waals surface area contributed by atoms with Crippen molar-refractivity contribution in [3.05, 3.63) is 29.8 Å². The molecule has 1 aromatic carbocycles. The van der Waals surface area contributed by atoms with Crippen molar-refractivity contribution in [1.29, 1.82) is 0 Å². The van der Waals surface area contributed by atoms with E-state index in [0.717, 1.165) is 24.4 Å². The van der Waals surface area contributed by atoms with Gasteiger partial charge in [-0.25, -0.2) is 0 Å². The number of ether oxygens (including phenoxy) is 1. The van der Waals surface area contributed by atoms with Crippen molar-refractivity contribution in [3.63, 3.8) is 0 Å². The first kappa shape index (κ1) is 13.9. The molecular formula is C17H26N2O. The minimum atomic E-state index is 0.708. The fraction of sp³-hybridized carbons (Fsp3) is 0.647. The van der Waals surface area contributed by atoms with Gasteiger partial charge in [0.25, 0.3) is 0 Å². The summed E-state index contributed by atoms with van der Waals surface area (Å²) in [6, 6.07) is 10.6. The summed E-state index contributed by atoms with van der Waals surface area (Å²) in [5.41, 5.74) is 1.33. The molecule has 20 heavy (non-hydrogen) atoms. The van der Waals surface area contributed by atoms with E-state index in [1.807, 2.05) is 0 Å². The van der Waals surface area contributed by atoms with Gasteiger partial charge in [0.2, 0.25) is 0 Å². The van der Waals surface area contributed by atoms with Gasteiger partial charge in [-0.05, 0) is 38.8 Å². The largest absolute Gasteiger partial charge is 0.496 e. The van der Waals surface area contributed by atoms with Gasteiger partial charge >= 0.3 is 0 Å². The monoisotopic (exact) mass is 274 g/mol. The van der Waals surface area contributed by atoms with Crippen LogP contribution in [0.25, 0.3) is 0 Å². The summed E-state index contributed by atoms with van der Waals surface area (Å²) in [6.45, 7) is 1.04. The molecule has 2 aliphatic heterocycles. The summed E-state index contributed by atoms with van der Waals surface area (Å²) >= 11 is 0. The van der Waals surface area contributed by atoms with Crippen molar-refractivity contribution in [3.8, 4) is 5.75 Å². The zero-order valence-electron chi connectivity index (χ0n) is 12.6. The molecule has 2 saturated heterocycles. The highest BCUT2D eigenvalue weighted by molar-refractivity contribution is 5.33. The van der Waals surface area contributed by atoms with E-state index < -0.39 is 0 Å². The van der Waals surface area contributed by atoms with E-state index >= 15 is 0 Å². The van der Waals surface area contributed by atoms with Gasteiger partial charge in [-0.2, -0.15) is 0 Å². The third-order valence-electron chi connectivity index (χ3n) is 5.08. The standard InChI is InChI=1S/C17H26N2O/c1-18-14-10-15-7-5-8-16(11-14)19(15)12-13-6-3-4-9-17(13)20-2/h3-4,6,9,14-16,18H,5,7-8,10-12H2,1-2H3. The zero-order chi connectivity index (χ0) is 13.9. The van der Waals surface area contributed by atoms with Crippen LogP contribution in [0.4, 0.5) is 0 Å². The predicted octanol–water partition coefficient (Wildman–Crippen LogP) is 2.80. The van der Waals surface area contributed by atoms with Gasteiger partial charge in [0.05, 0.1) is 7.11 Å². The zero-order valence-corrected chi connectivity index (χ0v) is 12.6. The van der Waals surface area contributed by atoms with Gasteiger partial charge < -0.3 is 10.1 Å². The van der Waals surface area contributed by atoms with E-state index in [4.69, 9.17) is 4.74 Å². The van der Waals surface area contributed by atoms with Gasteiger partial charge in [0.1, 0.15) is 5.75 Å². The average molecular weight is 274 g/mol. The van der Waals surface area contributed by atoms with Crippen molar-refractivity contribution in [1.82, 2.24) is 10.2 Å². The summed E-state index contributed by atoms with van der Waals surface area (Å²) in [5.74, 6) is 1.03. The Morgan fingerprint density at radius 3 is 2.55 bits per heavy atom. The summed E-state index contributed by atoms with van der Waals surface area (Å²) in [7, 11) is 3.88. The van der Waals surface area contributed by atoms with Crippen LogP contribution in [0.15, 0.2) is 24.3 Å².